The molecule has 0 fully saturated rings. The highest BCUT2D eigenvalue weighted by molar-refractivity contribution is 6.05. The molecule has 0 aliphatic heterocycles. The third kappa shape index (κ3) is 7.58. The van der Waals surface area contributed by atoms with E-state index in [1.807, 2.05) is 31.2 Å². The summed E-state index contributed by atoms with van der Waals surface area (Å²) < 4.78 is 0. The van der Waals surface area contributed by atoms with E-state index in [0.717, 1.165) is 18.5 Å². The number of amides is 2. The summed E-state index contributed by atoms with van der Waals surface area (Å²) in [7, 11) is 0. The molecule has 23 heavy (non-hydrogen) atoms. The monoisotopic (exact) mass is 317 g/mol. The van der Waals surface area contributed by atoms with Gasteiger partial charge in [-0.1, -0.05) is 39.3 Å². The number of hydrogen-bond donors (Lipinski definition) is 2. The van der Waals surface area contributed by atoms with Crippen molar-refractivity contribution in [3.8, 4) is 0 Å². The summed E-state index contributed by atoms with van der Waals surface area (Å²) in [6, 6.07) is 7.81. The van der Waals surface area contributed by atoms with Crippen molar-refractivity contribution >= 4 is 23.2 Å². The van der Waals surface area contributed by atoms with E-state index >= 15 is 0 Å². The molecule has 1 aromatic rings. The third-order valence-corrected chi connectivity index (χ3v) is 3.41. The molecule has 0 aromatic heterocycles. The summed E-state index contributed by atoms with van der Waals surface area (Å²) in [4.78, 5) is 23.4. The molecule has 0 spiro atoms. The Labute approximate surface area is 138 Å². The van der Waals surface area contributed by atoms with E-state index in [4.69, 9.17) is 0 Å². The van der Waals surface area contributed by atoms with Gasteiger partial charge in [0.05, 0.1) is 6.42 Å². The fraction of sp³-hybridized carbons (Fsp3) is 0.500. The molecule has 0 saturated carbocycles. The SMILES string of the molecule is CCCCC(=O)N/N=C(/C)CC(=O)Nc1ccc(C(C)C)cc1. The number of carbonyl (C=O) groups excluding carboxylic acids is 2. The van der Waals surface area contributed by atoms with Gasteiger partial charge in [0.15, 0.2) is 0 Å². The topological polar surface area (TPSA) is 70.6 Å². The van der Waals surface area contributed by atoms with Crippen LogP contribution in [0.15, 0.2) is 29.4 Å². The van der Waals surface area contributed by atoms with Crippen molar-refractivity contribution in [3.63, 3.8) is 0 Å². The molecule has 0 atom stereocenters. The van der Waals surface area contributed by atoms with E-state index in [1.54, 1.807) is 6.92 Å². The fourth-order valence-corrected chi connectivity index (χ4v) is 1.98. The number of carbonyl (C=O) groups is 2. The largest absolute Gasteiger partial charge is 0.326 e. The van der Waals surface area contributed by atoms with Gasteiger partial charge in [0, 0.05) is 17.8 Å². The average molecular weight is 317 g/mol. The zero-order valence-corrected chi connectivity index (χ0v) is 14.5. The van der Waals surface area contributed by atoms with E-state index in [2.05, 4.69) is 29.7 Å². The van der Waals surface area contributed by atoms with Gasteiger partial charge in [-0.05, 0) is 37.0 Å². The zero-order valence-electron chi connectivity index (χ0n) is 14.5. The molecule has 0 unspecified atom stereocenters. The van der Waals surface area contributed by atoms with Crippen LogP contribution < -0.4 is 10.7 Å². The van der Waals surface area contributed by atoms with Crippen molar-refractivity contribution in [1.29, 1.82) is 0 Å². The van der Waals surface area contributed by atoms with Crippen LogP contribution in [0.5, 0.6) is 0 Å². The average Bonchev–Trinajstić information content (AvgIpc) is 2.51. The van der Waals surface area contributed by atoms with Gasteiger partial charge in [-0.2, -0.15) is 5.10 Å². The predicted molar refractivity (Wildman–Crippen MR) is 94.6 cm³/mol. The first-order valence-electron chi connectivity index (χ1n) is 8.14. The minimum atomic E-state index is -0.147. The second-order valence-corrected chi connectivity index (χ2v) is 5.99. The number of anilines is 1. The molecule has 1 aromatic carbocycles. The number of hydrazone groups is 1. The van der Waals surface area contributed by atoms with Gasteiger partial charge in [-0.25, -0.2) is 5.43 Å². The number of nitrogens with one attached hydrogen (secondary N) is 2. The lowest BCUT2D eigenvalue weighted by atomic mass is 10.0. The van der Waals surface area contributed by atoms with Crippen LogP contribution in [0.25, 0.3) is 0 Å². The highest BCUT2D eigenvalue weighted by Gasteiger charge is 2.06. The minimum Gasteiger partial charge on any atom is -0.326 e. The van der Waals surface area contributed by atoms with E-state index in [-0.39, 0.29) is 18.2 Å². The summed E-state index contributed by atoms with van der Waals surface area (Å²) in [6.45, 7) is 8.01. The standard InChI is InChI=1S/C18H27N3O2/c1-5-6-7-17(22)21-20-14(4)12-18(23)19-16-10-8-15(9-11-16)13(2)3/h8-11,13H,5-7,12H2,1-4H3,(H,19,23)(H,21,22)/b20-14-. The molecule has 0 saturated heterocycles. The molecule has 2 N–H and O–H groups in total. The molecule has 0 bridgehead atoms. The maximum Gasteiger partial charge on any atom is 0.240 e. The minimum absolute atomic E-state index is 0.115. The zero-order chi connectivity index (χ0) is 17.2. The molecule has 5 heteroatoms. The summed E-state index contributed by atoms with van der Waals surface area (Å²) in [5, 5.41) is 6.78. The Morgan fingerprint density at radius 1 is 1.13 bits per heavy atom. The number of nitrogens with zero attached hydrogens (tertiary/aromatic N) is 1. The van der Waals surface area contributed by atoms with Crippen LogP contribution >= 0.6 is 0 Å². The second kappa shape index (κ2) is 9.77. The lowest BCUT2D eigenvalue weighted by Crippen LogP contribution is -2.21. The van der Waals surface area contributed by atoms with Crippen molar-refractivity contribution in [1.82, 2.24) is 5.43 Å². The number of hydrogen-bond acceptors (Lipinski definition) is 3. The molecule has 1 rings (SSSR count). The number of benzene rings is 1. The molecule has 2 amide bonds. The summed E-state index contributed by atoms with van der Waals surface area (Å²) in [6.07, 6.45) is 2.42. The van der Waals surface area contributed by atoms with Crippen molar-refractivity contribution in [2.75, 3.05) is 5.32 Å². The number of rotatable bonds is 8. The van der Waals surface area contributed by atoms with Gasteiger partial charge in [-0.15, -0.1) is 0 Å². The van der Waals surface area contributed by atoms with Crippen LogP contribution in [0.3, 0.4) is 0 Å². The molecule has 0 aliphatic rings. The first-order valence-corrected chi connectivity index (χ1v) is 8.14. The Morgan fingerprint density at radius 2 is 1.78 bits per heavy atom. The normalized spacial score (nSPS) is 11.4. The highest BCUT2D eigenvalue weighted by Crippen LogP contribution is 2.17. The Morgan fingerprint density at radius 3 is 2.35 bits per heavy atom. The summed E-state index contributed by atoms with van der Waals surface area (Å²) >= 11 is 0. The van der Waals surface area contributed by atoms with Crippen molar-refractivity contribution in [2.24, 2.45) is 5.10 Å². The van der Waals surface area contributed by atoms with Gasteiger partial charge in [0.2, 0.25) is 11.8 Å². The lowest BCUT2D eigenvalue weighted by Gasteiger charge is -2.08. The Kier molecular flexibility index (Phi) is 8.02. The van der Waals surface area contributed by atoms with Gasteiger partial charge >= 0.3 is 0 Å². The molecule has 0 heterocycles. The molecule has 5 nitrogen and oxygen atoms in total. The molecular formula is C18H27N3O2. The van der Waals surface area contributed by atoms with Crippen LogP contribution in [0.1, 0.15) is 64.9 Å². The van der Waals surface area contributed by atoms with Crippen LogP contribution in [0, 0.1) is 0 Å². The van der Waals surface area contributed by atoms with Crippen molar-refractivity contribution in [2.45, 2.75) is 59.3 Å². The van der Waals surface area contributed by atoms with Crippen LogP contribution in [0.4, 0.5) is 5.69 Å². The molecular weight excluding hydrogens is 290 g/mol. The Hall–Kier alpha value is -2.17. The van der Waals surface area contributed by atoms with E-state index < -0.39 is 0 Å². The first-order chi connectivity index (χ1) is 10.9. The van der Waals surface area contributed by atoms with E-state index in [0.29, 0.717) is 18.1 Å². The van der Waals surface area contributed by atoms with E-state index in [1.165, 1.54) is 5.56 Å². The maximum absolute atomic E-state index is 12.0. The van der Waals surface area contributed by atoms with Crippen LogP contribution in [-0.2, 0) is 9.59 Å². The predicted octanol–water partition coefficient (Wildman–Crippen LogP) is 3.82. The summed E-state index contributed by atoms with van der Waals surface area (Å²) in [5.74, 6) is 0.202. The molecule has 0 radical (unpaired) electrons. The quantitative estimate of drug-likeness (QED) is 0.565. The van der Waals surface area contributed by atoms with Gasteiger partial charge < -0.3 is 5.32 Å². The van der Waals surface area contributed by atoms with Crippen molar-refractivity contribution in [3.05, 3.63) is 29.8 Å². The number of unbranched alkanes of at least 4 members (excludes halogenated alkanes) is 1. The lowest BCUT2D eigenvalue weighted by molar-refractivity contribution is -0.121. The van der Waals surface area contributed by atoms with Crippen molar-refractivity contribution < 1.29 is 9.59 Å². The highest BCUT2D eigenvalue weighted by atomic mass is 16.2. The van der Waals surface area contributed by atoms with E-state index in [9.17, 15) is 9.59 Å². The smallest absolute Gasteiger partial charge is 0.240 e. The van der Waals surface area contributed by atoms with Gasteiger partial charge in [0.25, 0.3) is 0 Å². The third-order valence-electron chi connectivity index (χ3n) is 3.41. The Bertz CT molecular complexity index is 548. The summed E-state index contributed by atoms with van der Waals surface area (Å²) in [5.41, 5.74) is 5.05. The second-order valence-electron chi connectivity index (χ2n) is 5.99. The Balaban J connectivity index is 2.44. The van der Waals surface area contributed by atoms with Crippen LogP contribution in [0.2, 0.25) is 0 Å². The van der Waals surface area contributed by atoms with Gasteiger partial charge in [0.1, 0.15) is 0 Å². The fourth-order valence-electron chi connectivity index (χ4n) is 1.98. The van der Waals surface area contributed by atoms with Gasteiger partial charge in [-0.3, -0.25) is 9.59 Å². The molecule has 126 valence electrons. The van der Waals surface area contributed by atoms with Crippen LogP contribution in [-0.4, -0.2) is 17.5 Å². The molecule has 0 aliphatic carbocycles. The maximum atomic E-state index is 12.0. The first kappa shape index (κ1) is 18.9.